The van der Waals surface area contributed by atoms with Gasteiger partial charge in [0.1, 0.15) is 5.69 Å². The van der Waals surface area contributed by atoms with Gasteiger partial charge in [0.15, 0.2) is 11.5 Å². The number of methoxy groups -OCH3 is 2. The molecule has 178 valence electrons. The van der Waals surface area contributed by atoms with Gasteiger partial charge in [0.25, 0.3) is 11.8 Å². The largest absolute Gasteiger partial charge is 0.493 e. The van der Waals surface area contributed by atoms with Gasteiger partial charge in [0, 0.05) is 23.4 Å². The van der Waals surface area contributed by atoms with Crippen molar-refractivity contribution in [2.24, 2.45) is 5.73 Å². The average molecular weight is 472 g/mol. The summed E-state index contributed by atoms with van der Waals surface area (Å²) >= 11 is 0. The second kappa shape index (κ2) is 10.1. The molecule has 0 saturated heterocycles. The Morgan fingerprint density at radius 3 is 2.17 bits per heavy atom. The van der Waals surface area contributed by atoms with E-state index in [9.17, 15) is 9.59 Å². The Bertz CT molecular complexity index is 1360. The van der Waals surface area contributed by atoms with Crippen LogP contribution in [0.25, 0.3) is 22.4 Å². The Balaban J connectivity index is 1.88. The van der Waals surface area contributed by atoms with Crippen LogP contribution in [0.2, 0.25) is 0 Å². The molecule has 35 heavy (non-hydrogen) atoms. The molecule has 0 unspecified atom stereocenters. The quantitative estimate of drug-likeness (QED) is 0.264. The number of rotatable bonds is 8. The normalized spacial score (nSPS) is 10.6. The molecule has 4 N–H and O–H groups in total. The van der Waals surface area contributed by atoms with Gasteiger partial charge in [-0.25, -0.2) is 5.48 Å². The number of aromatic nitrogens is 1. The highest BCUT2D eigenvalue weighted by molar-refractivity contribution is 6.00. The van der Waals surface area contributed by atoms with E-state index in [1.165, 1.54) is 0 Å². The molecular formula is C27H25N3O5. The van der Waals surface area contributed by atoms with Crippen LogP contribution < -0.4 is 20.7 Å². The number of hydrogen-bond donors (Lipinski definition) is 3. The van der Waals surface area contributed by atoms with Crippen molar-refractivity contribution in [2.45, 2.75) is 6.54 Å². The zero-order chi connectivity index (χ0) is 24.9. The predicted molar refractivity (Wildman–Crippen MR) is 132 cm³/mol. The number of carbonyl (C=O) groups excluding carboxylic acids is 2. The highest BCUT2D eigenvalue weighted by Gasteiger charge is 2.22. The lowest BCUT2D eigenvalue weighted by Gasteiger charge is -2.14. The number of primary amides is 1. The van der Waals surface area contributed by atoms with Crippen molar-refractivity contribution in [3.05, 3.63) is 95.7 Å². The Morgan fingerprint density at radius 2 is 1.57 bits per heavy atom. The van der Waals surface area contributed by atoms with Gasteiger partial charge >= 0.3 is 0 Å². The Hall–Kier alpha value is -4.56. The van der Waals surface area contributed by atoms with Crippen LogP contribution in [0.1, 0.15) is 26.4 Å². The molecule has 0 spiro atoms. The Labute approximate surface area is 202 Å². The first-order chi connectivity index (χ1) is 17.0. The minimum absolute atomic E-state index is 0.313. The number of benzene rings is 3. The van der Waals surface area contributed by atoms with Crippen LogP contribution in [0, 0.1) is 0 Å². The summed E-state index contributed by atoms with van der Waals surface area (Å²) < 4.78 is 12.7. The molecule has 8 nitrogen and oxygen atoms in total. The molecule has 8 heteroatoms. The van der Waals surface area contributed by atoms with Gasteiger partial charge in [-0.1, -0.05) is 48.5 Å². The highest BCUT2D eigenvalue weighted by atomic mass is 16.5. The molecular weight excluding hydrogens is 446 g/mol. The maximum atomic E-state index is 12.8. The Morgan fingerprint density at radius 1 is 0.886 bits per heavy atom. The van der Waals surface area contributed by atoms with E-state index in [-0.39, 0.29) is 0 Å². The van der Waals surface area contributed by atoms with E-state index < -0.39 is 11.8 Å². The molecule has 0 saturated carbocycles. The molecule has 0 aliphatic heterocycles. The standard InChI is InChI=1S/C27H25N3O5/c1-34-23-13-12-20(14-24(23)35-2)21-15-22(18-6-4-3-5-7-18)30(25(21)26(28)31)16-17-8-10-19(11-9-17)27(32)29-33/h3-15,33H,16H2,1-2H3,(H2,28,31)(H,29,32). The van der Waals surface area contributed by atoms with Crippen LogP contribution >= 0.6 is 0 Å². The summed E-state index contributed by atoms with van der Waals surface area (Å²) in [5.74, 6) is -0.0666. The number of amides is 2. The van der Waals surface area contributed by atoms with E-state index in [0.29, 0.717) is 34.9 Å². The van der Waals surface area contributed by atoms with Crippen LogP contribution in [0.4, 0.5) is 0 Å². The molecule has 0 atom stereocenters. The number of hydrogen-bond acceptors (Lipinski definition) is 5. The third kappa shape index (κ3) is 4.73. The number of ether oxygens (including phenoxy) is 2. The molecule has 0 aliphatic rings. The van der Waals surface area contributed by atoms with Crippen molar-refractivity contribution in [1.82, 2.24) is 10.0 Å². The molecule has 3 aromatic carbocycles. The van der Waals surface area contributed by atoms with E-state index in [2.05, 4.69) is 0 Å². The predicted octanol–water partition coefficient (Wildman–Crippen LogP) is 4.11. The third-order valence-corrected chi connectivity index (χ3v) is 5.75. The summed E-state index contributed by atoms with van der Waals surface area (Å²) in [5.41, 5.74) is 12.2. The fourth-order valence-electron chi connectivity index (χ4n) is 4.06. The molecule has 4 aromatic rings. The van der Waals surface area contributed by atoms with Crippen LogP contribution in [0.5, 0.6) is 11.5 Å². The number of carbonyl (C=O) groups is 2. The molecule has 0 fully saturated rings. The van der Waals surface area contributed by atoms with Crippen LogP contribution in [-0.2, 0) is 6.54 Å². The van der Waals surface area contributed by atoms with Crippen molar-refractivity contribution in [3.8, 4) is 33.9 Å². The third-order valence-electron chi connectivity index (χ3n) is 5.75. The molecule has 0 radical (unpaired) electrons. The van der Waals surface area contributed by atoms with Crippen molar-refractivity contribution >= 4 is 11.8 Å². The number of hydroxylamine groups is 1. The zero-order valence-electron chi connectivity index (χ0n) is 19.3. The lowest BCUT2D eigenvalue weighted by Crippen LogP contribution is -2.19. The van der Waals surface area contributed by atoms with Crippen molar-refractivity contribution in [3.63, 3.8) is 0 Å². The van der Waals surface area contributed by atoms with Crippen molar-refractivity contribution in [2.75, 3.05) is 14.2 Å². The van der Waals surface area contributed by atoms with Crippen LogP contribution in [-0.4, -0.2) is 35.8 Å². The Kier molecular flexibility index (Phi) is 6.84. The number of nitrogens with one attached hydrogen (secondary N) is 1. The van der Waals surface area contributed by atoms with E-state index in [0.717, 1.165) is 22.4 Å². The maximum Gasteiger partial charge on any atom is 0.274 e. The van der Waals surface area contributed by atoms with Crippen LogP contribution in [0.3, 0.4) is 0 Å². The summed E-state index contributed by atoms with van der Waals surface area (Å²) in [6.07, 6.45) is 0. The SMILES string of the molecule is COc1ccc(-c2cc(-c3ccccc3)n(Cc3ccc(C(=O)NO)cc3)c2C(N)=O)cc1OC. The first kappa shape index (κ1) is 23.6. The van der Waals surface area contributed by atoms with Gasteiger partial charge in [-0.15, -0.1) is 0 Å². The van der Waals surface area contributed by atoms with E-state index in [1.54, 1.807) is 50.0 Å². The number of nitrogens with two attached hydrogens (primary N) is 1. The highest BCUT2D eigenvalue weighted by Crippen LogP contribution is 2.37. The monoisotopic (exact) mass is 471 g/mol. The summed E-state index contributed by atoms with van der Waals surface area (Å²) in [5, 5.41) is 8.86. The fraction of sp³-hybridized carbons (Fsp3) is 0.111. The smallest absolute Gasteiger partial charge is 0.274 e. The van der Waals surface area contributed by atoms with Gasteiger partial charge in [-0.3, -0.25) is 14.8 Å². The maximum absolute atomic E-state index is 12.8. The molecule has 0 bridgehead atoms. The first-order valence-electron chi connectivity index (χ1n) is 10.8. The van der Waals surface area contributed by atoms with Gasteiger partial charge in [-0.2, -0.15) is 0 Å². The summed E-state index contributed by atoms with van der Waals surface area (Å²) in [6.45, 7) is 0.330. The average Bonchev–Trinajstić information content (AvgIpc) is 3.28. The fourth-order valence-corrected chi connectivity index (χ4v) is 4.06. The topological polar surface area (TPSA) is 116 Å². The van der Waals surface area contributed by atoms with Gasteiger partial charge in [-0.05, 0) is 47.0 Å². The van der Waals surface area contributed by atoms with E-state index in [4.69, 9.17) is 20.4 Å². The van der Waals surface area contributed by atoms with Gasteiger partial charge in [0.2, 0.25) is 0 Å². The van der Waals surface area contributed by atoms with Crippen molar-refractivity contribution < 1.29 is 24.3 Å². The van der Waals surface area contributed by atoms with Crippen molar-refractivity contribution in [1.29, 1.82) is 0 Å². The second-order valence-corrected chi connectivity index (χ2v) is 7.82. The number of nitrogens with zero attached hydrogens (tertiary/aromatic N) is 1. The van der Waals surface area contributed by atoms with E-state index in [1.807, 2.05) is 53.1 Å². The second-order valence-electron chi connectivity index (χ2n) is 7.82. The van der Waals surface area contributed by atoms with E-state index >= 15 is 0 Å². The molecule has 4 rings (SSSR count). The minimum atomic E-state index is -0.601. The molecule has 2 amide bonds. The minimum Gasteiger partial charge on any atom is -0.493 e. The van der Waals surface area contributed by atoms with Gasteiger partial charge in [0.05, 0.1) is 14.2 Å². The molecule has 1 heterocycles. The van der Waals surface area contributed by atoms with Gasteiger partial charge < -0.3 is 19.8 Å². The van der Waals surface area contributed by atoms with Crippen LogP contribution in [0.15, 0.2) is 78.9 Å². The summed E-state index contributed by atoms with van der Waals surface area (Å²) in [7, 11) is 3.11. The first-order valence-corrected chi connectivity index (χ1v) is 10.8. The molecule has 1 aromatic heterocycles. The lowest BCUT2D eigenvalue weighted by atomic mass is 10.0. The molecule has 0 aliphatic carbocycles. The zero-order valence-corrected chi connectivity index (χ0v) is 19.3. The lowest BCUT2D eigenvalue weighted by molar-refractivity contribution is 0.0706. The summed E-state index contributed by atoms with van der Waals surface area (Å²) in [6, 6.07) is 23.8. The summed E-state index contributed by atoms with van der Waals surface area (Å²) in [4.78, 5) is 24.5.